The first-order valence-electron chi connectivity index (χ1n) is 8.66. The largest absolute Gasteiger partial charge is 0.465 e. The van der Waals surface area contributed by atoms with Crippen LogP contribution in [-0.2, 0) is 11.2 Å². The summed E-state index contributed by atoms with van der Waals surface area (Å²) in [5.74, 6) is 1.63. The second kappa shape index (κ2) is 8.55. The molecule has 2 aromatic rings. The van der Waals surface area contributed by atoms with Crippen LogP contribution in [0.2, 0.25) is 0 Å². The zero-order valence-electron chi connectivity index (χ0n) is 14.7. The monoisotopic (exact) mass is 364 g/mol. The molecule has 8 heteroatoms. The Morgan fingerprint density at radius 2 is 2.20 bits per heavy atom. The fourth-order valence-electron chi connectivity index (χ4n) is 2.98. The molecule has 0 aromatic carbocycles. The summed E-state index contributed by atoms with van der Waals surface area (Å²) in [5, 5.41) is 7.11. The molecule has 1 aliphatic rings. The van der Waals surface area contributed by atoms with E-state index in [1.807, 2.05) is 19.1 Å². The van der Waals surface area contributed by atoms with Crippen LogP contribution >= 0.6 is 11.5 Å². The molecule has 1 fully saturated rings. The number of hydrogen-bond acceptors (Lipinski definition) is 7. The topological polar surface area (TPSA) is 80.5 Å². The molecule has 0 unspecified atom stereocenters. The lowest BCUT2D eigenvalue weighted by Crippen LogP contribution is -2.43. The van der Waals surface area contributed by atoms with Crippen LogP contribution in [0, 0.1) is 6.92 Å². The summed E-state index contributed by atoms with van der Waals surface area (Å²) in [6.07, 6.45) is 1.71. The van der Waals surface area contributed by atoms with Crippen molar-refractivity contribution in [3.63, 3.8) is 0 Å². The van der Waals surface area contributed by atoms with E-state index >= 15 is 0 Å². The fraction of sp³-hybridized carbons (Fsp3) is 0.588. The van der Waals surface area contributed by atoms with E-state index in [0.717, 1.165) is 54.7 Å². The van der Waals surface area contributed by atoms with E-state index in [1.165, 1.54) is 0 Å². The van der Waals surface area contributed by atoms with Crippen molar-refractivity contribution < 1.29 is 13.9 Å². The van der Waals surface area contributed by atoms with Crippen LogP contribution in [0.3, 0.4) is 0 Å². The van der Waals surface area contributed by atoms with E-state index in [-0.39, 0.29) is 11.9 Å². The number of rotatable bonds is 7. The Labute approximate surface area is 151 Å². The highest BCUT2D eigenvalue weighted by Gasteiger charge is 2.26. The predicted molar refractivity (Wildman–Crippen MR) is 94.8 cm³/mol. The van der Waals surface area contributed by atoms with Crippen molar-refractivity contribution in [1.29, 1.82) is 0 Å². The number of aryl methyl sites for hydroxylation is 2. The van der Waals surface area contributed by atoms with Crippen molar-refractivity contribution >= 4 is 17.4 Å². The normalized spacial score (nSPS) is 16.7. The number of nitrogens with one attached hydrogen (secondary N) is 1. The Morgan fingerprint density at radius 1 is 1.40 bits per heavy atom. The number of ether oxygens (including phenoxy) is 1. The SMILES string of the molecule is CCCc1nnsc1C(=O)NC[C@@H](c1ccc(C)o1)N1CCOCC1. The highest BCUT2D eigenvalue weighted by atomic mass is 32.1. The quantitative estimate of drug-likeness (QED) is 0.811. The van der Waals surface area contributed by atoms with Crippen molar-refractivity contribution in [3.05, 3.63) is 34.2 Å². The van der Waals surface area contributed by atoms with Gasteiger partial charge in [0.1, 0.15) is 16.4 Å². The lowest BCUT2D eigenvalue weighted by molar-refractivity contribution is 0.0117. The Hall–Kier alpha value is -1.77. The lowest BCUT2D eigenvalue weighted by Gasteiger charge is -2.33. The van der Waals surface area contributed by atoms with E-state index in [0.29, 0.717) is 24.6 Å². The molecule has 136 valence electrons. The molecule has 0 bridgehead atoms. The molecule has 25 heavy (non-hydrogen) atoms. The van der Waals surface area contributed by atoms with Gasteiger partial charge in [0.15, 0.2) is 0 Å². The molecular formula is C17H24N4O3S. The van der Waals surface area contributed by atoms with Crippen molar-refractivity contribution in [2.24, 2.45) is 0 Å². The van der Waals surface area contributed by atoms with Crippen molar-refractivity contribution in [2.45, 2.75) is 32.7 Å². The molecule has 1 N–H and O–H groups in total. The van der Waals surface area contributed by atoms with Crippen LogP contribution < -0.4 is 5.32 Å². The smallest absolute Gasteiger partial charge is 0.265 e. The fourth-order valence-corrected chi connectivity index (χ4v) is 3.61. The maximum atomic E-state index is 12.6. The third-order valence-electron chi connectivity index (χ3n) is 4.28. The molecule has 1 atom stereocenters. The van der Waals surface area contributed by atoms with E-state index in [2.05, 4.69) is 26.7 Å². The molecule has 0 spiro atoms. The van der Waals surface area contributed by atoms with Gasteiger partial charge in [-0.05, 0) is 37.0 Å². The zero-order valence-corrected chi connectivity index (χ0v) is 15.5. The minimum atomic E-state index is -0.111. The molecule has 1 aliphatic heterocycles. The number of nitrogens with zero attached hydrogens (tertiary/aromatic N) is 3. The van der Waals surface area contributed by atoms with Crippen LogP contribution in [0.4, 0.5) is 0 Å². The average Bonchev–Trinajstić information content (AvgIpc) is 3.25. The summed E-state index contributed by atoms with van der Waals surface area (Å²) in [4.78, 5) is 15.5. The molecule has 3 heterocycles. The Balaban J connectivity index is 1.69. The summed E-state index contributed by atoms with van der Waals surface area (Å²) < 4.78 is 15.2. The Bertz CT molecular complexity index is 694. The summed E-state index contributed by atoms with van der Waals surface area (Å²) in [7, 11) is 0. The number of hydrogen-bond donors (Lipinski definition) is 1. The Kier molecular flexibility index (Phi) is 6.17. The first-order chi connectivity index (χ1) is 12.2. The van der Waals surface area contributed by atoms with Crippen LogP contribution in [0.15, 0.2) is 16.5 Å². The van der Waals surface area contributed by atoms with Gasteiger partial charge in [-0.15, -0.1) is 5.10 Å². The van der Waals surface area contributed by atoms with Crippen LogP contribution in [0.25, 0.3) is 0 Å². The van der Waals surface area contributed by atoms with Gasteiger partial charge in [-0.1, -0.05) is 17.8 Å². The number of amides is 1. The third-order valence-corrected chi connectivity index (χ3v) is 5.05. The summed E-state index contributed by atoms with van der Waals surface area (Å²) in [5.41, 5.74) is 0.779. The van der Waals surface area contributed by atoms with Crippen LogP contribution in [-0.4, -0.2) is 53.2 Å². The molecule has 0 aliphatic carbocycles. The van der Waals surface area contributed by atoms with Gasteiger partial charge in [-0.3, -0.25) is 9.69 Å². The first-order valence-corrected chi connectivity index (χ1v) is 9.44. The maximum absolute atomic E-state index is 12.6. The van der Waals surface area contributed by atoms with Gasteiger partial charge in [0.05, 0.1) is 24.9 Å². The van der Waals surface area contributed by atoms with Gasteiger partial charge in [-0.25, -0.2) is 0 Å². The van der Waals surface area contributed by atoms with E-state index in [9.17, 15) is 4.79 Å². The number of carbonyl (C=O) groups is 1. The van der Waals surface area contributed by atoms with E-state index in [4.69, 9.17) is 9.15 Å². The van der Waals surface area contributed by atoms with Gasteiger partial charge < -0.3 is 14.5 Å². The average molecular weight is 364 g/mol. The van der Waals surface area contributed by atoms with Gasteiger partial charge in [-0.2, -0.15) is 0 Å². The van der Waals surface area contributed by atoms with Gasteiger partial charge in [0.25, 0.3) is 5.91 Å². The van der Waals surface area contributed by atoms with Gasteiger partial charge >= 0.3 is 0 Å². The Morgan fingerprint density at radius 3 is 2.88 bits per heavy atom. The van der Waals surface area contributed by atoms with E-state index < -0.39 is 0 Å². The summed E-state index contributed by atoms with van der Waals surface area (Å²) in [6, 6.07) is 3.94. The number of aromatic nitrogens is 2. The minimum absolute atomic E-state index is 0.00273. The molecule has 0 radical (unpaired) electrons. The van der Waals surface area contributed by atoms with Gasteiger partial charge in [0, 0.05) is 19.6 Å². The first kappa shape index (κ1) is 18.0. The van der Waals surface area contributed by atoms with Crippen LogP contribution in [0.5, 0.6) is 0 Å². The number of furan rings is 1. The molecule has 7 nitrogen and oxygen atoms in total. The highest BCUT2D eigenvalue weighted by molar-refractivity contribution is 7.08. The molecule has 2 aromatic heterocycles. The van der Waals surface area contributed by atoms with E-state index in [1.54, 1.807) is 0 Å². The molecule has 1 amide bonds. The number of carbonyl (C=O) groups excluding carboxylic acids is 1. The van der Waals surface area contributed by atoms with Gasteiger partial charge in [0.2, 0.25) is 0 Å². The van der Waals surface area contributed by atoms with Crippen molar-refractivity contribution in [1.82, 2.24) is 19.8 Å². The third kappa shape index (κ3) is 4.45. The second-order valence-corrected chi connectivity index (χ2v) is 6.88. The molecule has 0 saturated carbocycles. The molecule has 3 rings (SSSR count). The molecular weight excluding hydrogens is 340 g/mol. The minimum Gasteiger partial charge on any atom is -0.465 e. The molecule has 1 saturated heterocycles. The highest BCUT2D eigenvalue weighted by Crippen LogP contribution is 2.23. The predicted octanol–water partition coefficient (Wildman–Crippen LogP) is 2.20. The van der Waals surface area contributed by atoms with Crippen molar-refractivity contribution in [3.8, 4) is 0 Å². The second-order valence-electron chi connectivity index (χ2n) is 6.12. The maximum Gasteiger partial charge on any atom is 0.265 e. The number of morpholine rings is 1. The zero-order chi connectivity index (χ0) is 17.6. The standard InChI is InChI=1S/C17H24N4O3S/c1-3-4-13-16(25-20-19-13)17(22)18-11-14(15-6-5-12(2)24-15)21-7-9-23-10-8-21/h5-6,14H,3-4,7-11H2,1-2H3,(H,18,22)/t14-/m0/s1. The summed E-state index contributed by atoms with van der Waals surface area (Å²) in [6.45, 7) is 7.52. The summed E-state index contributed by atoms with van der Waals surface area (Å²) >= 11 is 1.15. The lowest BCUT2D eigenvalue weighted by atomic mass is 10.1. The van der Waals surface area contributed by atoms with Crippen LogP contribution in [0.1, 0.15) is 46.3 Å². The van der Waals surface area contributed by atoms with Crippen molar-refractivity contribution in [2.75, 3.05) is 32.8 Å².